The third-order valence-corrected chi connectivity index (χ3v) is 8.00. The second-order valence-corrected chi connectivity index (χ2v) is 10.9. The van der Waals surface area contributed by atoms with Crippen molar-refractivity contribution in [2.45, 2.75) is 62.6 Å². The zero-order valence-electron chi connectivity index (χ0n) is 20.7. The van der Waals surface area contributed by atoms with Gasteiger partial charge < -0.3 is 10.2 Å². The SMILES string of the molecule is Cc1ccccc1CN(C(=O)CSc1ccc(Cl)cc1)[C@@H](Cc1ccccc1)C(=O)NC1CCCC1. The molecule has 36 heavy (non-hydrogen) atoms. The number of hydrogen-bond donors (Lipinski definition) is 1. The lowest BCUT2D eigenvalue weighted by Gasteiger charge is -2.32. The molecule has 0 aliphatic heterocycles. The van der Waals surface area contributed by atoms with Crippen LogP contribution in [-0.4, -0.2) is 34.6 Å². The minimum Gasteiger partial charge on any atom is -0.352 e. The van der Waals surface area contributed by atoms with Crippen molar-refractivity contribution < 1.29 is 9.59 Å². The van der Waals surface area contributed by atoms with Crippen LogP contribution in [0.15, 0.2) is 83.8 Å². The Bertz CT molecular complexity index is 1150. The smallest absolute Gasteiger partial charge is 0.243 e. The van der Waals surface area contributed by atoms with E-state index in [1.165, 1.54) is 11.8 Å². The minimum absolute atomic E-state index is 0.0549. The van der Waals surface area contributed by atoms with E-state index in [9.17, 15) is 9.59 Å². The van der Waals surface area contributed by atoms with Crippen LogP contribution in [0.4, 0.5) is 0 Å². The zero-order valence-corrected chi connectivity index (χ0v) is 22.2. The molecule has 0 radical (unpaired) electrons. The molecular weight excluding hydrogens is 488 g/mol. The lowest BCUT2D eigenvalue weighted by molar-refractivity contribution is -0.139. The highest BCUT2D eigenvalue weighted by molar-refractivity contribution is 8.00. The van der Waals surface area contributed by atoms with Gasteiger partial charge in [0.05, 0.1) is 5.75 Å². The lowest BCUT2D eigenvalue weighted by atomic mass is 10.0. The van der Waals surface area contributed by atoms with Crippen LogP contribution in [0.1, 0.15) is 42.4 Å². The number of benzene rings is 3. The van der Waals surface area contributed by atoms with Crippen LogP contribution in [0, 0.1) is 6.92 Å². The number of nitrogens with one attached hydrogen (secondary N) is 1. The molecule has 4 nitrogen and oxygen atoms in total. The molecule has 188 valence electrons. The van der Waals surface area contributed by atoms with E-state index in [2.05, 4.69) is 5.32 Å². The second kappa shape index (κ2) is 13.0. The van der Waals surface area contributed by atoms with E-state index in [0.29, 0.717) is 18.0 Å². The van der Waals surface area contributed by atoms with Crippen LogP contribution in [0.25, 0.3) is 0 Å². The van der Waals surface area contributed by atoms with Gasteiger partial charge in [-0.15, -0.1) is 11.8 Å². The fraction of sp³-hybridized carbons (Fsp3) is 0.333. The van der Waals surface area contributed by atoms with Gasteiger partial charge in [0.15, 0.2) is 0 Å². The van der Waals surface area contributed by atoms with Gasteiger partial charge in [-0.2, -0.15) is 0 Å². The van der Waals surface area contributed by atoms with Crippen molar-refractivity contribution in [3.05, 3.63) is 101 Å². The monoisotopic (exact) mass is 520 g/mol. The second-order valence-electron chi connectivity index (χ2n) is 9.39. The van der Waals surface area contributed by atoms with E-state index >= 15 is 0 Å². The van der Waals surface area contributed by atoms with Gasteiger partial charge in [-0.1, -0.05) is 79.0 Å². The van der Waals surface area contributed by atoms with Crippen LogP contribution in [-0.2, 0) is 22.6 Å². The van der Waals surface area contributed by atoms with Crippen molar-refractivity contribution in [1.82, 2.24) is 10.2 Å². The molecule has 4 rings (SSSR count). The molecule has 3 aromatic rings. The fourth-order valence-corrected chi connectivity index (χ4v) is 5.56. The molecule has 0 unspecified atom stereocenters. The highest BCUT2D eigenvalue weighted by Gasteiger charge is 2.32. The van der Waals surface area contributed by atoms with Gasteiger partial charge in [0.2, 0.25) is 11.8 Å². The highest BCUT2D eigenvalue weighted by Crippen LogP contribution is 2.24. The van der Waals surface area contributed by atoms with Gasteiger partial charge in [0.25, 0.3) is 0 Å². The fourth-order valence-electron chi connectivity index (χ4n) is 4.65. The summed E-state index contributed by atoms with van der Waals surface area (Å²) in [5.74, 6) is 0.125. The molecule has 1 aliphatic rings. The molecule has 1 fully saturated rings. The minimum atomic E-state index is -0.592. The van der Waals surface area contributed by atoms with Crippen LogP contribution in [0.5, 0.6) is 0 Å². The summed E-state index contributed by atoms with van der Waals surface area (Å²) >= 11 is 7.49. The summed E-state index contributed by atoms with van der Waals surface area (Å²) in [6.45, 7) is 2.44. The van der Waals surface area contributed by atoms with E-state index in [1.807, 2.05) is 85.8 Å². The molecule has 1 N–H and O–H groups in total. The van der Waals surface area contributed by atoms with Crippen molar-refractivity contribution >= 4 is 35.2 Å². The lowest BCUT2D eigenvalue weighted by Crippen LogP contribution is -2.52. The van der Waals surface area contributed by atoms with Gasteiger partial charge in [0, 0.05) is 28.9 Å². The van der Waals surface area contributed by atoms with Gasteiger partial charge in [-0.05, 0) is 60.7 Å². The van der Waals surface area contributed by atoms with Crippen molar-refractivity contribution in [3.8, 4) is 0 Å². The predicted molar refractivity (Wildman–Crippen MR) is 148 cm³/mol. The molecule has 0 saturated heterocycles. The topological polar surface area (TPSA) is 49.4 Å². The number of hydrogen-bond acceptors (Lipinski definition) is 3. The number of thioether (sulfide) groups is 1. The first-order valence-corrected chi connectivity index (χ1v) is 13.9. The van der Waals surface area contributed by atoms with Gasteiger partial charge in [0.1, 0.15) is 6.04 Å². The molecule has 1 saturated carbocycles. The summed E-state index contributed by atoms with van der Waals surface area (Å²) in [7, 11) is 0. The maximum atomic E-state index is 13.8. The molecule has 6 heteroatoms. The highest BCUT2D eigenvalue weighted by atomic mass is 35.5. The van der Waals surface area contributed by atoms with Crippen molar-refractivity contribution in [2.24, 2.45) is 0 Å². The van der Waals surface area contributed by atoms with E-state index in [4.69, 9.17) is 11.6 Å². The van der Waals surface area contributed by atoms with Gasteiger partial charge in [-0.25, -0.2) is 0 Å². The average molecular weight is 521 g/mol. The van der Waals surface area contributed by atoms with Crippen molar-refractivity contribution in [1.29, 1.82) is 0 Å². The molecule has 3 aromatic carbocycles. The van der Waals surface area contributed by atoms with Crippen LogP contribution >= 0.6 is 23.4 Å². The van der Waals surface area contributed by atoms with Crippen LogP contribution < -0.4 is 5.32 Å². The van der Waals surface area contributed by atoms with Gasteiger partial charge in [-0.3, -0.25) is 9.59 Å². The summed E-state index contributed by atoms with van der Waals surface area (Å²) in [6, 6.07) is 25.1. The number of aryl methyl sites for hydroxylation is 1. The van der Waals surface area contributed by atoms with Crippen LogP contribution in [0.3, 0.4) is 0 Å². The first-order chi connectivity index (χ1) is 17.5. The Balaban J connectivity index is 1.61. The average Bonchev–Trinajstić information content (AvgIpc) is 3.40. The molecule has 0 aromatic heterocycles. The number of rotatable bonds is 10. The quantitative estimate of drug-likeness (QED) is 0.313. The maximum Gasteiger partial charge on any atom is 0.243 e. The Morgan fingerprint density at radius 1 is 0.972 bits per heavy atom. The molecular formula is C30H33ClN2O2S. The number of carbonyl (C=O) groups excluding carboxylic acids is 2. The zero-order chi connectivity index (χ0) is 25.3. The molecule has 2 amide bonds. The molecule has 0 bridgehead atoms. The summed E-state index contributed by atoms with van der Waals surface area (Å²) in [6.07, 6.45) is 4.75. The summed E-state index contributed by atoms with van der Waals surface area (Å²) in [5, 5.41) is 3.93. The Hall–Kier alpha value is -2.76. The summed E-state index contributed by atoms with van der Waals surface area (Å²) in [5.41, 5.74) is 3.20. The van der Waals surface area contributed by atoms with E-state index in [1.54, 1.807) is 4.90 Å². The summed E-state index contributed by atoms with van der Waals surface area (Å²) < 4.78 is 0. The van der Waals surface area contributed by atoms with E-state index < -0.39 is 6.04 Å². The maximum absolute atomic E-state index is 13.8. The van der Waals surface area contributed by atoms with E-state index in [0.717, 1.165) is 47.3 Å². The summed E-state index contributed by atoms with van der Waals surface area (Å²) in [4.78, 5) is 30.2. The molecule has 1 atom stereocenters. The van der Waals surface area contributed by atoms with Gasteiger partial charge >= 0.3 is 0 Å². The first-order valence-electron chi connectivity index (χ1n) is 12.6. The van der Waals surface area contributed by atoms with Crippen LogP contribution in [0.2, 0.25) is 5.02 Å². The Morgan fingerprint density at radius 2 is 1.64 bits per heavy atom. The Morgan fingerprint density at radius 3 is 2.33 bits per heavy atom. The van der Waals surface area contributed by atoms with Crippen molar-refractivity contribution in [2.75, 3.05) is 5.75 Å². The molecule has 1 aliphatic carbocycles. The predicted octanol–water partition coefficient (Wildman–Crippen LogP) is 6.44. The molecule has 0 heterocycles. The van der Waals surface area contributed by atoms with E-state index in [-0.39, 0.29) is 23.6 Å². The number of amides is 2. The first kappa shape index (κ1) is 26.3. The molecule has 0 spiro atoms. The third-order valence-electron chi connectivity index (χ3n) is 6.75. The number of nitrogens with zero attached hydrogens (tertiary/aromatic N) is 1. The number of halogens is 1. The Labute approximate surface area is 223 Å². The third kappa shape index (κ3) is 7.37. The largest absolute Gasteiger partial charge is 0.352 e. The number of carbonyl (C=O) groups is 2. The van der Waals surface area contributed by atoms with Crippen molar-refractivity contribution in [3.63, 3.8) is 0 Å². The Kier molecular flexibility index (Phi) is 9.48. The standard InChI is InChI=1S/C30H33ClN2O2S/c1-22-9-5-6-12-24(22)20-33(29(34)21-36-27-17-15-25(31)16-18-27)28(19-23-10-3-2-4-11-23)30(35)32-26-13-7-8-14-26/h2-6,9-12,15-18,26,28H,7-8,13-14,19-21H2,1H3,(H,32,35)/t28-/m0/s1. The normalized spacial score (nSPS) is 14.4.